The maximum atomic E-state index is 6.33. The molecular formula is C31H56O. The fourth-order valence-electron chi connectivity index (χ4n) is 4.77. The van der Waals surface area contributed by atoms with Gasteiger partial charge < -0.3 is 4.74 Å². The normalized spacial score (nSPS) is 21.3. The summed E-state index contributed by atoms with van der Waals surface area (Å²) in [4.78, 5) is 0. The van der Waals surface area contributed by atoms with Crippen LogP contribution in [0.3, 0.4) is 0 Å². The van der Waals surface area contributed by atoms with Crippen molar-refractivity contribution in [3.05, 3.63) is 34.9 Å². The minimum absolute atomic E-state index is 0.299. The van der Waals surface area contributed by atoms with Crippen molar-refractivity contribution < 1.29 is 4.74 Å². The average Bonchev–Trinajstić information content (AvgIpc) is 2.76. The van der Waals surface area contributed by atoms with Crippen LogP contribution >= 0.6 is 0 Å². The van der Waals surface area contributed by atoms with Gasteiger partial charge in [-0.25, -0.2) is 0 Å². The minimum Gasteiger partial charge on any atom is -0.373 e. The molecule has 0 N–H and O–H groups in total. The number of unbranched alkanes of at least 4 members (excludes halogenated alkanes) is 3. The zero-order valence-electron chi connectivity index (χ0n) is 22.8. The van der Waals surface area contributed by atoms with Crippen molar-refractivity contribution in [3.8, 4) is 0 Å². The van der Waals surface area contributed by atoms with E-state index in [1.165, 1.54) is 94.6 Å². The Hall–Kier alpha value is -0.820. The van der Waals surface area contributed by atoms with Crippen molar-refractivity contribution in [2.45, 2.75) is 138 Å². The Kier molecular flexibility index (Phi) is 16.1. The summed E-state index contributed by atoms with van der Waals surface area (Å²) in [6, 6.07) is 0. The van der Waals surface area contributed by atoms with Gasteiger partial charge in [0.2, 0.25) is 0 Å². The monoisotopic (exact) mass is 444 g/mol. The highest BCUT2D eigenvalue weighted by atomic mass is 16.5. The Morgan fingerprint density at radius 3 is 2.34 bits per heavy atom. The Morgan fingerprint density at radius 2 is 1.62 bits per heavy atom. The van der Waals surface area contributed by atoms with E-state index in [0.717, 1.165) is 18.4 Å². The molecule has 0 aliphatic heterocycles. The van der Waals surface area contributed by atoms with Gasteiger partial charge in [-0.15, -0.1) is 0 Å². The molecular weight excluding hydrogens is 388 g/mol. The number of hydrogen-bond acceptors (Lipinski definition) is 1. The van der Waals surface area contributed by atoms with Crippen molar-refractivity contribution >= 4 is 0 Å². The Labute approximate surface area is 202 Å². The molecule has 0 radical (unpaired) electrons. The Bertz CT molecular complexity index is 567. The zero-order valence-corrected chi connectivity index (χ0v) is 22.8. The van der Waals surface area contributed by atoms with Crippen molar-refractivity contribution in [3.63, 3.8) is 0 Å². The first-order valence-electron chi connectivity index (χ1n) is 14.0. The second kappa shape index (κ2) is 17.6. The van der Waals surface area contributed by atoms with E-state index in [4.69, 9.17) is 4.74 Å². The molecule has 0 aromatic heterocycles. The third-order valence-electron chi connectivity index (χ3n) is 7.54. The molecule has 0 amide bonds. The summed E-state index contributed by atoms with van der Waals surface area (Å²) in [5.74, 6) is 2.20. The molecule has 4 atom stereocenters. The van der Waals surface area contributed by atoms with Gasteiger partial charge >= 0.3 is 0 Å². The van der Waals surface area contributed by atoms with Gasteiger partial charge in [-0.1, -0.05) is 103 Å². The topological polar surface area (TPSA) is 9.23 Å². The highest BCUT2D eigenvalue weighted by Crippen LogP contribution is 2.32. The quantitative estimate of drug-likeness (QED) is 0.151. The van der Waals surface area contributed by atoms with Crippen LogP contribution in [0.1, 0.15) is 132 Å². The first-order valence-corrected chi connectivity index (χ1v) is 14.0. The lowest BCUT2D eigenvalue weighted by molar-refractivity contribution is 0.0461. The van der Waals surface area contributed by atoms with Gasteiger partial charge in [0.25, 0.3) is 0 Å². The van der Waals surface area contributed by atoms with Crippen molar-refractivity contribution in [2.75, 3.05) is 6.61 Å². The summed E-state index contributed by atoms with van der Waals surface area (Å²) >= 11 is 0. The minimum atomic E-state index is 0.299. The molecule has 0 saturated heterocycles. The van der Waals surface area contributed by atoms with Gasteiger partial charge in [-0.05, 0) is 76.2 Å². The lowest BCUT2D eigenvalue weighted by atomic mass is 9.83. The maximum absolute atomic E-state index is 6.33. The van der Waals surface area contributed by atoms with E-state index in [0.29, 0.717) is 12.0 Å². The van der Waals surface area contributed by atoms with E-state index in [-0.39, 0.29) is 0 Å². The van der Waals surface area contributed by atoms with E-state index >= 15 is 0 Å². The molecule has 4 unspecified atom stereocenters. The summed E-state index contributed by atoms with van der Waals surface area (Å²) in [6.07, 6.45) is 24.5. The molecule has 186 valence electrons. The van der Waals surface area contributed by atoms with Crippen LogP contribution in [0.5, 0.6) is 0 Å². The third kappa shape index (κ3) is 12.4. The Balaban J connectivity index is 2.29. The van der Waals surface area contributed by atoms with E-state index in [9.17, 15) is 0 Å². The summed E-state index contributed by atoms with van der Waals surface area (Å²) < 4.78 is 6.33. The third-order valence-corrected chi connectivity index (χ3v) is 7.54. The summed E-state index contributed by atoms with van der Waals surface area (Å²) in [5, 5.41) is 0. The first kappa shape index (κ1) is 29.2. The summed E-state index contributed by atoms with van der Waals surface area (Å²) in [7, 11) is 0. The van der Waals surface area contributed by atoms with Crippen LogP contribution in [0.25, 0.3) is 0 Å². The van der Waals surface area contributed by atoms with Gasteiger partial charge in [-0.2, -0.15) is 0 Å². The van der Waals surface area contributed by atoms with Gasteiger partial charge in [-0.3, -0.25) is 0 Å². The highest BCUT2D eigenvalue weighted by molar-refractivity contribution is 5.29. The zero-order chi connectivity index (χ0) is 23.8. The first-order chi connectivity index (χ1) is 15.4. The van der Waals surface area contributed by atoms with Crippen molar-refractivity contribution in [1.29, 1.82) is 0 Å². The molecule has 1 aliphatic carbocycles. The molecule has 0 spiro atoms. The predicted molar refractivity (Wildman–Crippen MR) is 144 cm³/mol. The molecule has 0 aromatic rings. The van der Waals surface area contributed by atoms with Gasteiger partial charge in [0.05, 0.1) is 6.10 Å². The summed E-state index contributed by atoms with van der Waals surface area (Å²) in [5.41, 5.74) is 4.59. The van der Waals surface area contributed by atoms with E-state index in [1.54, 1.807) is 5.57 Å². The largest absolute Gasteiger partial charge is 0.373 e. The van der Waals surface area contributed by atoms with Crippen molar-refractivity contribution in [1.82, 2.24) is 0 Å². The molecule has 0 heterocycles. The highest BCUT2D eigenvalue weighted by Gasteiger charge is 2.26. The Morgan fingerprint density at radius 1 is 0.938 bits per heavy atom. The van der Waals surface area contributed by atoms with Crippen LogP contribution in [0, 0.1) is 17.8 Å². The molecule has 32 heavy (non-hydrogen) atoms. The van der Waals surface area contributed by atoms with Crippen LogP contribution in [-0.4, -0.2) is 12.7 Å². The number of ether oxygens (including phenoxy) is 1. The van der Waals surface area contributed by atoms with E-state index < -0.39 is 0 Å². The maximum Gasteiger partial charge on any atom is 0.0850 e. The second-order valence-electron chi connectivity index (χ2n) is 10.9. The standard InChI is InChI=1S/C31H56O/c1-8-10-12-15-25(3)16-13-17-26(4)18-14-19-27(5)20-22-30-23-21-28(6)29(7)31(30)32-24-11-9-2/h17,21,23,25,27,29,31H,8-16,18-20,22,24H2,1-7H3/b26-17+. The van der Waals surface area contributed by atoms with Crippen LogP contribution < -0.4 is 0 Å². The lowest BCUT2D eigenvalue weighted by Crippen LogP contribution is -2.28. The molecule has 1 heteroatoms. The fourth-order valence-corrected chi connectivity index (χ4v) is 4.77. The lowest BCUT2D eigenvalue weighted by Gasteiger charge is -2.31. The second-order valence-corrected chi connectivity index (χ2v) is 10.9. The number of rotatable bonds is 18. The van der Waals surface area contributed by atoms with Crippen molar-refractivity contribution in [2.24, 2.45) is 17.8 Å². The van der Waals surface area contributed by atoms with Gasteiger partial charge in [0.1, 0.15) is 0 Å². The average molecular weight is 445 g/mol. The molecule has 1 nitrogen and oxygen atoms in total. The number of allylic oxidation sites excluding steroid dienone is 4. The summed E-state index contributed by atoms with van der Waals surface area (Å²) in [6.45, 7) is 17.2. The van der Waals surface area contributed by atoms with Crippen LogP contribution in [0.2, 0.25) is 0 Å². The predicted octanol–water partition coefficient (Wildman–Crippen LogP) is 10.2. The molecule has 0 bridgehead atoms. The molecule has 0 aromatic carbocycles. The van der Waals surface area contributed by atoms with Crippen LogP contribution in [0.15, 0.2) is 34.9 Å². The molecule has 0 fully saturated rings. The van der Waals surface area contributed by atoms with E-state index in [2.05, 4.69) is 66.7 Å². The SMILES string of the molecule is CCCCCC(C)CC/C=C(\C)CCCC(C)CCC1=CC=C(C)C(C)C1OCCCC. The van der Waals surface area contributed by atoms with Crippen LogP contribution in [-0.2, 0) is 4.74 Å². The number of hydrogen-bond donors (Lipinski definition) is 0. The molecule has 0 saturated carbocycles. The molecule has 1 rings (SSSR count). The molecule has 1 aliphatic rings. The fraction of sp³-hybridized carbons (Fsp3) is 0.806. The van der Waals surface area contributed by atoms with Gasteiger partial charge in [0, 0.05) is 12.5 Å². The van der Waals surface area contributed by atoms with Gasteiger partial charge in [0.15, 0.2) is 0 Å². The van der Waals surface area contributed by atoms with Crippen LogP contribution in [0.4, 0.5) is 0 Å². The van der Waals surface area contributed by atoms with E-state index in [1.807, 2.05) is 0 Å². The smallest absolute Gasteiger partial charge is 0.0850 e.